The minimum atomic E-state index is 0.273. The Labute approximate surface area is 93.0 Å². The fraction of sp³-hybridized carbons (Fsp3) is 0.917. The van der Waals surface area contributed by atoms with Crippen molar-refractivity contribution in [1.82, 2.24) is 10.6 Å². The summed E-state index contributed by atoms with van der Waals surface area (Å²) in [6.07, 6.45) is 7.25. The molecular formula is C12H24N2O. The number of likely N-dealkylation sites (N-methyl/N-ethyl adjacent to an activating group) is 1. The molecule has 0 aromatic heterocycles. The molecular weight excluding hydrogens is 188 g/mol. The van der Waals surface area contributed by atoms with Crippen LogP contribution in [0.4, 0.5) is 0 Å². The second-order valence-electron chi connectivity index (χ2n) is 4.33. The first-order valence-electron chi connectivity index (χ1n) is 6.33. The summed E-state index contributed by atoms with van der Waals surface area (Å²) in [6.45, 7) is 4.70. The summed E-state index contributed by atoms with van der Waals surface area (Å²) in [6, 6.07) is 0. The summed E-state index contributed by atoms with van der Waals surface area (Å²) in [5.74, 6) is 0.559. The van der Waals surface area contributed by atoms with Crippen LogP contribution in [0.1, 0.15) is 45.4 Å². The number of amides is 1. The zero-order chi connectivity index (χ0) is 10.9. The quantitative estimate of drug-likeness (QED) is 0.538. The van der Waals surface area contributed by atoms with E-state index < -0.39 is 0 Å². The molecule has 0 heterocycles. The predicted molar refractivity (Wildman–Crippen MR) is 62.7 cm³/mol. The Morgan fingerprint density at radius 1 is 1.13 bits per heavy atom. The second kappa shape index (κ2) is 7.69. The van der Waals surface area contributed by atoms with E-state index in [4.69, 9.17) is 0 Å². The van der Waals surface area contributed by atoms with E-state index in [1.807, 2.05) is 0 Å². The molecule has 0 atom stereocenters. The van der Waals surface area contributed by atoms with E-state index in [2.05, 4.69) is 17.6 Å². The number of hydrogen-bond acceptors (Lipinski definition) is 2. The van der Waals surface area contributed by atoms with Gasteiger partial charge >= 0.3 is 0 Å². The van der Waals surface area contributed by atoms with Crippen LogP contribution < -0.4 is 10.6 Å². The van der Waals surface area contributed by atoms with Crippen LogP contribution in [0.5, 0.6) is 0 Å². The maximum absolute atomic E-state index is 11.8. The molecule has 0 spiro atoms. The van der Waals surface area contributed by atoms with Gasteiger partial charge in [-0.15, -0.1) is 0 Å². The first-order valence-corrected chi connectivity index (χ1v) is 6.33. The number of nitrogens with one attached hydrogen (secondary N) is 2. The Morgan fingerprint density at radius 3 is 2.40 bits per heavy atom. The number of rotatable bonds is 5. The molecule has 0 aromatic carbocycles. The first-order chi connectivity index (χ1) is 7.34. The fourth-order valence-electron chi connectivity index (χ4n) is 2.14. The smallest absolute Gasteiger partial charge is 0.223 e. The lowest BCUT2D eigenvalue weighted by Crippen LogP contribution is -2.35. The van der Waals surface area contributed by atoms with Gasteiger partial charge < -0.3 is 10.6 Å². The van der Waals surface area contributed by atoms with Gasteiger partial charge in [-0.1, -0.05) is 32.6 Å². The highest BCUT2D eigenvalue weighted by Gasteiger charge is 2.19. The van der Waals surface area contributed by atoms with Gasteiger partial charge in [0.25, 0.3) is 0 Å². The van der Waals surface area contributed by atoms with E-state index in [0.717, 1.165) is 32.5 Å². The van der Waals surface area contributed by atoms with Gasteiger partial charge in [-0.25, -0.2) is 0 Å². The Bertz CT molecular complexity index is 174. The summed E-state index contributed by atoms with van der Waals surface area (Å²) in [7, 11) is 0. The Morgan fingerprint density at radius 2 is 1.80 bits per heavy atom. The summed E-state index contributed by atoms with van der Waals surface area (Å²) in [5.41, 5.74) is 0. The molecule has 88 valence electrons. The van der Waals surface area contributed by atoms with Crippen molar-refractivity contribution in [2.45, 2.75) is 45.4 Å². The van der Waals surface area contributed by atoms with Crippen molar-refractivity contribution >= 4 is 5.91 Å². The molecule has 3 nitrogen and oxygen atoms in total. The van der Waals surface area contributed by atoms with Crippen LogP contribution in [0.15, 0.2) is 0 Å². The highest BCUT2D eigenvalue weighted by atomic mass is 16.1. The lowest BCUT2D eigenvalue weighted by molar-refractivity contribution is -0.125. The van der Waals surface area contributed by atoms with E-state index in [0.29, 0.717) is 0 Å². The SMILES string of the molecule is CCNCCNC(=O)C1CCCCCC1. The van der Waals surface area contributed by atoms with Gasteiger partial charge in [-0.3, -0.25) is 4.79 Å². The van der Waals surface area contributed by atoms with E-state index in [-0.39, 0.29) is 11.8 Å². The fourth-order valence-corrected chi connectivity index (χ4v) is 2.14. The van der Waals surface area contributed by atoms with Crippen LogP contribution in [0, 0.1) is 5.92 Å². The van der Waals surface area contributed by atoms with Gasteiger partial charge in [-0.05, 0) is 19.4 Å². The predicted octanol–water partition coefficient (Wildman–Crippen LogP) is 1.68. The Hall–Kier alpha value is -0.570. The molecule has 0 aromatic rings. The van der Waals surface area contributed by atoms with Crippen molar-refractivity contribution in [3.8, 4) is 0 Å². The minimum Gasteiger partial charge on any atom is -0.355 e. The zero-order valence-corrected chi connectivity index (χ0v) is 9.85. The summed E-state index contributed by atoms with van der Waals surface area (Å²) < 4.78 is 0. The molecule has 1 aliphatic rings. The number of carbonyl (C=O) groups is 1. The van der Waals surface area contributed by atoms with Crippen molar-refractivity contribution in [1.29, 1.82) is 0 Å². The van der Waals surface area contributed by atoms with Crippen molar-refractivity contribution in [2.75, 3.05) is 19.6 Å². The minimum absolute atomic E-state index is 0.273. The third-order valence-electron chi connectivity index (χ3n) is 3.08. The molecule has 0 aliphatic heterocycles. The summed E-state index contributed by atoms with van der Waals surface area (Å²) in [4.78, 5) is 11.8. The molecule has 15 heavy (non-hydrogen) atoms. The standard InChI is InChI=1S/C12H24N2O/c1-2-13-9-10-14-12(15)11-7-5-3-4-6-8-11/h11,13H,2-10H2,1H3,(H,14,15). The van der Waals surface area contributed by atoms with Crippen LogP contribution >= 0.6 is 0 Å². The molecule has 0 bridgehead atoms. The van der Waals surface area contributed by atoms with Gasteiger partial charge in [-0.2, -0.15) is 0 Å². The molecule has 2 N–H and O–H groups in total. The monoisotopic (exact) mass is 212 g/mol. The molecule has 0 saturated heterocycles. The lowest BCUT2D eigenvalue weighted by atomic mass is 9.99. The van der Waals surface area contributed by atoms with Crippen molar-refractivity contribution in [3.05, 3.63) is 0 Å². The van der Waals surface area contributed by atoms with Crippen molar-refractivity contribution < 1.29 is 4.79 Å². The van der Waals surface area contributed by atoms with Gasteiger partial charge in [0.2, 0.25) is 5.91 Å². The molecule has 1 saturated carbocycles. The highest BCUT2D eigenvalue weighted by molar-refractivity contribution is 5.78. The lowest BCUT2D eigenvalue weighted by Gasteiger charge is -2.13. The molecule has 1 rings (SSSR count). The molecule has 1 aliphatic carbocycles. The average molecular weight is 212 g/mol. The van der Waals surface area contributed by atoms with E-state index in [9.17, 15) is 4.79 Å². The number of carbonyl (C=O) groups excluding carboxylic acids is 1. The average Bonchev–Trinajstić information content (AvgIpc) is 2.52. The van der Waals surface area contributed by atoms with Gasteiger partial charge in [0.15, 0.2) is 0 Å². The maximum Gasteiger partial charge on any atom is 0.223 e. The van der Waals surface area contributed by atoms with Crippen LogP contribution in [-0.2, 0) is 4.79 Å². The van der Waals surface area contributed by atoms with E-state index in [1.54, 1.807) is 0 Å². The molecule has 1 fully saturated rings. The van der Waals surface area contributed by atoms with Crippen LogP contribution in [0.25, 0.3) is 0 Å². The molecule has 3 heteroatoms. The zero-order valence-electron chi connectivity index (χ0n) is 9.85. The summed E-state index contributed by atoms with van der Waals surface area (Å²) >= 11 is 0. The largest absolute Gasteiger partial charge is 0.355 e. The normalized spacial score (nSPS) is 18.5. The Balaban J connectivity index is 2.14. The van der Waals surface area contributed by atoms with Crippen LogP contribution in [-0.4, -0.2) is 25.5 Å². The van der Waals surface area contributed by atoms with Crippen molar-refractivity contribution in [2.24, 2.45) is 5.92 Å². The molecule has 1 amide bonds. The Kier molecular flexibility index (Phi) is 6.41. The van der Waals surface area contributed by atoms with Crippen molar-refractivity contribution in [3.63, 3.8) is 0 Å². The van der Waals surface area contributed by atoms with E-state index >= 15 is 0 Å². The topological polar surface area (TPSA) is 41.1 Å². The highest BCUT2D eigenvalue weighted by Crippen LogP contribution is 2.22. The van der Waals surface area contributed by atoms with Gasteiger partial charge in [0.1, 0.15) is 0 Å². The molecule has 0 radical (unpaired) electrons. The summed E-state index contributed by atoms with van der Waals surface area (Å²) in [5, 5.41) is 6.22. The van der Waals surface area contributed by atoms with Crippen LogP contribution in [0.3, 0.4) is 0 Å². The molecule has 0 unspecified atom stereocenters. The second-order valence-corrected chi connectivity index (χ2v) is 4.33. The third kappa shape index (κ3) is 5.17. The van der Waals surface area contributed by atoms with Gasteiger partial charge in [0, 0.05) is 19.0 Å². The first kappa shape index (κ1) is 12.5. The maximum atomic E-state index is 11.8. The van der Waals surface area contributed by atoms with E-state index in [1.165, 1.54) is 25.7 Å². The third-order valence-corrected chi connectivity index (χ3v) is 3.08. The van der Waals surface area contributed by atoms with Crippen LogP contribution in [0.2, 0.25) is 0 Å². The van der Waals surface area contributed by atoms with Gasteiger partial charge in [0.05, 0.1) is 0 Å². The number of hydrogen-bond donors (Lipinski definition) is 2.